The summed E-state index contributed by atoms with van der Waals surface area (Å²) in [6.45, 7) is 1.08. The second kappa shape index (κ2) is 7.57. The van der Waals surface area contributed by atoms with Gasteiger partial charge in [0, 0.05) is 45.6 Å². The number of hydrogen-bond donors (Lipinski definition) is 2. The molecule has 0 aliphatic heterocycles. The lowest BCUT2D eigenvalue weighted by atomic mass is 10.0. The number of carboxylic acid groups (broad SMARTS) is 1. The van der Waals surface area contributed by atoms with Gasteiger partial charge in [0.2, 0.25) is 0 Å². The third-order valence-corrected chi connectivity index (χ3v) is 4.40. The number of aliphatic carboxylic acids is 1. The summed E-state index contributed by atoms with van der Waals surface area (Å²) in [5.74, 6) is 1.76. The number of thiophene rings is 1. The van der Waals surface area contributed by atoms with Crippen LogP contribution in [0.25, 0.3) is 20.2 Å². The molecule has 1 aromatic heterocycles. The van der Waals surface area contributed by atoms with E-state index in [4.69, 9.17) is 21.7 Å². The van der Waals surface area contributed by atoms with Crippen molar-refractivity contribution in [3.8, 4) is 12.3 Å². The van der Waals surface area contributed by atoms with Crippen LogP contribution >= 0.6 is 11.3 Å². The Balaban J connectivity index is 0.000000433. The number of benzene rings is 2. The number of rotatable bonds is 3. The van der Waals surface area contributed by atoms with Crippen LogP contribution in [-0.2, 0) is 4.79 Å². The van der Waals surface area contributed by atoms with E-state index < -0.39 is 5.97 Å². The SMILES string of the molecule is C#CCCC(=N)c1ccc2sc3ccccc3c2c1.CC(=O)O. The van der Waals surface area contributed by atoms with Crippen LogP contribution in [0, 0.1) is 17.8 Å². The molecule has 1 heterocycles. The average Bonchev–Trinajstić information content (AvgIpc) is 2.89. The Morgan fingerprint density at radius 3 is 2.57 bits per heavy atom. The molecule has 3 rings (SSSR count). The maximum absolute atomic E-state index is 9.00. The van der Waals surface area contributed by atoms with E-state index in [0.717, 1.165) is 12.5 Å². The minimum atomic E-state index is -0.833. The summed E-state index contributed by atoms with van der Waals surface area (Å²) in [4.78, 5) is 9.00. The molecule has 0 amide bonds. The average molecular weight is 323 g/mol. The summed E-state index contributed by atoms with van der Waals surface area (Å²) in [7, 11) is 0. The normalized spacial score (nSPS) is 9.91. The highest BCUT2D eigenvalue weighted by atomic mass is 32.1. The molecule has 0 unspecified atom stereocenters. The second-order valence-corrected chi connectivity index (χ2v) is 6.09. The van der Waals surface area contributed by atoms with Crippen molar-refractivity contribution in [2.24, 2.45) is 0 Å². The zero-order valence-corrected chi connectivity index (χ0v) is 13.6. The Labute approximate surface area is 139 Å². The molecule has 4 heteroatoms. The fourth-order valence-electron chi connectivity index (χ4n) is 2.26. The lowest BCUT2D eigenvalue weighted by Gasteiger charge is -2.02. The molecule has 0 spiro atoms. The van der Waals surface area contributed by atoms with Gasteiger partial charge >= 0.3 is 0 Å². The van der Waals surface area contributed by atoms with E-state index in [0.29, 0.717) is 18.6 Å². The van der Waals surface area contributed by atoms with E-state index in [1.807, 2.05) is 6.07 Å². The second-order valence-electron chi connectivity index (χ2n) is 5.01. The van der Waals surface area contributed by atoms with Crippen LogP contribution in [0.3, 0.4) is 0 Å². The van der Waals surface area contributed by atoms with Gasteiger partial charge in [-0.15, -0.1) is 23.7 Å². The topological polar surface area (TPSA) is 61.2 Å². The fraction of sp³-hybridized carbons (Fsp3) is 0.158. The Morgan fingerprint density at radius 2 is 1.87 bits per heavy atom. The smallest absolute Gasteiger partial charge is 0.300 e. The van der Waals surface area contributed by atoms with Crippen molar-refractivity contribution in [2.45, 2.75) is 19.8 Å². The Morgan fingerprint density at radius 1 is 1.22 bits per heavy atom. The zero-order valence-electron chi connectivity index (χ0n) is 12.8. The third-order valence-electron chi connectivity index (χ3n) is 3.24. The maximum atomic E-state index is 9.00. The van der Waals surface area contributed by atoms with Crippen LogP contribution < -0.4 is 0 Å². The van der Waals surface area contributed by atoms with Gasteiger partial charge in [-0.2, -0.15) is 0 Å². The Hall–Kier alpha value is -2.64. The molecule has 116 valence electrons. The molecule has 0 aliphatic rings. The summed E-state index contributed by atoms with van der Waals surface area (Å²) >= 11 is 1.80. The highest BCUT2D eigenvalue weighted by molar-refractivity contribution is 7.25. The summed E-state index contributed by atoms with van der Waals surface area (Å²) in [5, 5.41) is 18.0. The minimum Gasteiger partial charge on any atom is -0.481 e. The van der Waals surface area contributed by atoms with Crippen LogP contribution in [0.4, 0.5) is 0 Å². The molecule has 0 fully saturated rings. The monoisotopic (exact) mass is 323 g/mol. The van der Waals surface area contributed by atoms with Gasteiger partial charge < -0.3 is 10.5 Å². The maximum Gasteiger partial charge on any atom is 0.300 e. The predicted octanol–water partition coefficient (Wildman–Crippen LogP) is 4.93. The first-order chi connectivity index (χ1) is 11.0. The van der Waals surface area contributed by atoms with Gasteiger partial charge in [0.25, 0.3) is 5.97 Å². The van der Waals surface area contributed by atoms with E-state index in [1.165, 1.54) is 20.2 Å². The first kappa shape index (κ1) is 16.7. The Kier molecular flexibility index (Phi) is 5.51. The van der Waals surface area contributed by atoms with Gasteiger partial charge in [-0.25, -0.2) is 0 Å². The molecular formula is C19H17NO2S. The van der Waals surface area contributed by atoms with Crippen LogP contribution in [0.1, 0.15) is 25.3 Å². The summed E-state index contributed by atoms with van der Waals surface area (Å²) in [6, 6.07) is 14.7. The van der Waals surface area contributed by atoms with Gasteiger partial charge in [0.15, 0.2) is 0 Å². The van der Waals surface area contributed by atoms with Crippen molar-refractivity contribution >= 4 is 43.2 Å². The number of nitrogens with one attached hydrogen (secondary N) is 1. The van der Waals surface area contributed by atoms with Crippen LogP contribution in [0.5, 0.6) is 0 Å². The fourth-order valence-corrected chi connectivity index (χ4v) is 3.34. The quantitative estimate of drug-likeness (QED) is 0.530. The molecule has 3 aromatic rings. The third kappa shape index (κ3) is 4.18. The van der Waals surface area contributed by atoms with Gasteiger partial charge in [-0.1, -0.05) is 24.3 Å². The van der Waals surface area contributed by atoms with E-state index in [-0.39, 0.29) is 0 Å². The van der Waals surface area contributed by atoms with Crippen molar-refractivity contribution in [3.63, 3.8) is 0 Å². The molecule has 0 bridgehead atoms. The van der Waals surface area contributed by atoms with Crippen molar-refractivity contribution in [2.75, 3.05) is 0 Å². The van der Waals surface area contributed by atoms with Gasteiger partial charge in [0.1, 0.15) is 0 Å². The van der Waals surface area contributed by atoms with Crippen molar-refractivity contribution in [1.82, 2.24) is 0 Å². The molecular weight excluding hydrogens is 306 g/mol. The molecule has 0 saturated carbocycles. The van der Waals surface area contributed by atoms with Crippen LogP contribution in [-0.4, -0.2) is 16.8 Å². The molecule has 0 atom stereocenters. The molecule has 23 heavy (non-hydrogen) atoms. The van der Waals surface area contributed by atoms with Crippen molar-refractivity contribution in [1.29, 1.82) is 5.41 Å². The molecule has 0 aliphatic carbocycles. The molecule has 0 radical (unpaired) electrons. The first-order valence-corrected chi connectivity index (χ1v) is 7.96. The molecule has 3 nitrogen and oxygen atoms in total. The number of carbonyl (C=O) groups is 1. The molecule has 2 N–H and O–H groups in total. The van der Waals surface area contributed by atoms with E-state index in [9.17, 15) is 0 Å². The van der Waals surface area contributed by atoms with Gasteiger partial charge in [-0.05, 0) is 23.8 Å². The summed E-state index contributed by atoms with van der Waals surface area (Å²) < 4.78 is 2.57. The van der Waals surface area contributed by atoms with Gasteiger partial charge in [0.05, 0.1) is 0 Å². The largest absolute Gasteiger partial charge is 0.481 e. The van der Waals surface area contributed by atoms with Crippen molar-refractivity contribution < 1.29 is 9.90 Å². The molecule has 0 saturated heterocycles. The minimum absolute atomic E-state index is 0.620. The van der Waals surface area contributed by atoms with Crippen LogP contribution in [0.15, 0.2) is 42.5 Å². The Bertz CT molecular complexity index is 899. The number of hydrogen-bond acceptors (Lipinski definition) is 3. The van der Waals surface area contributed by atoms with Crippen molar-refractivity contribution in [3.05, 3.63) is 48.0 Å². The first-order valence-electron chi connectivity index (χ1n) is 7.15. The summed E-state index contributed by atoms with van der Waals surface area (Å²) in [5.41, 5.74) is 1.60. The van der Waals surface area contributed by atoms with E-state index >= 15 is 0 Å². The highest BCUT2D eigenvalue weighted by Crippen LogP contribution is 2.34. The molecule has 2 aromatic carbocycles. The highest BCUT2D eigenvalue weighted by Gasteiger charge is 2.07. The standard InChI is InChI=1S/C17H13NS.C2H4O2/c1-2-3-7-15(18)12-9-10-17-14(11-12)13-6-4-5-8-16(13)19-17;1-2(3)4/h1,4-6,8-11,18H,3,7H2;1H3,(H,3,4). The number of fused-ring (bicyclic) bond motifs is 3. The lowest BCUT2D eigenvalue weighted by Crippen LogP contribution is -1.97. The number of terminal acetylenes is 1. The van der Waals surface area contributed by atoms with E-state index in [1.54, 1.807) is 11.3 Å². The van der Waals surface area contributed by atoms with Gasteiger partial charge in [-0.3, -0.25) is 4.79 Å². The zero-order chi connectivity index (χ0) is 16.8. The predicted molar refractivity (Wildman–Crippen MR) is 97.5 cm³/mol. The lowest BCUT2D eigenvalue weighted by molar-refractivity contribution is -0.134. The summed E-state index contributed by atoms with van der Waals surface area (Å²) in [6.07, 6.45) is 6.53. The van der Waals surface area contributed by atoms with Crippen LogP contribution in [0.2, 0.25) is 0 Å². The van der Waals surface area contributed by atoms with E-state index in [2.05, 4.69) is 42.3 Å². The number of carboxylic acids is 1.